The molecule has 0 saturated carbocycles. The number of benzene rings is 3. The average molecular weight is 469 g/mol. The van der Waals surface area contributed by atoms with Gasteiger partial charge in [0.1, 0.15) is 12.4 Å². The van der Waals surface area contributed by atoms with E-state index >= 15 is 0 Å². The predicted octanol–water partition coefficient (Wildman–Crippen LogP) is 4.81. The maximum absolute atomic E-state index is 12.6. The molecule has 0 radical (unpaired) electrons. The maximum atomic E-state index is 12.6. The number of nitrogens with one attached hydrogen (secondary N) is 1. The summed E-state index contributed by atoms with van der Waals surface area (Å²) in [6.45, 7) is 0.341. The van der Waals surface area contributed by atoms with Gasteiger partial charge < -0.3 is 14.2 Å². The second-order valence-electron chi connectivity index (χ2n) is 6.20. The van der Waals surface area contributed by atoms with Crippen LogP contribution in [0.4, 0.5) is 0 Å². The lowest BCUT2D eigenvalue weighted by Gasteiger charge is -2.11. The van der Waals surface area contributed by atoms with Gasteiger partial charge in [-0.25, -0.2) is 5.43 Å². The maximum Gasteiger partial charge on any atom is 0.275 e. The number of carbonyl (C=O) groups excluding carboxylic acids is 1. The molecule has 0 aliphatic carbocycles. The number of hydrazone groups is 1. The zero-order valence-corrected chi connectivity index (χ0v) is 18.2. The molecule has 0 aliphatic heterocycles. The Hall–Kier alpha value is -3.32. The molecule has 154 valence electrons. The van der Waals surface area contributed by atoms with Crippen molar-refractivity contribution >= 4 is 28.1 Å². The summed E-state index contributed by atoms with van der Waals surface area (Å²) < 4.78 is 17.5. The smallest absolute Gasteiger partial charge is 0.275 e. The lowest BCUT2D eigenvalue weighted by Crippen LogP contribution is -2.18. The minimum atomic E-state index is -0.377. The van der Waals surface area contributed by atoms with E-state index in [9.17, 15) is 4.79 Å². The Bertz CT molecular complexity index is 1050. The third-order valence-corrected chi connectivity index (χ3v) is 4.71. The zero-order valence-electron chi connectivity index (χ0n) is 16.6. The Labute approximate surface area is 183 Å². The summed E-state index contributed by atoms with van der Waals surface area (Å²) in [6.07, 6.45) is 1.50. The van der Waals surface area contributed by atoms with Gasteiger partial charge in [0, 0.05) is 10.0 Å². The summed E-state index contributed by atoms with van der Waals surface area (Å²) in [6, 6.07) is 20.2. The zero-order chi connectivity index (χ0) is 21.3. The van der Waals surface area contributed by atoms with E-state index in [1.165, 1.54) is 6.21 Å². The quantitative estimate of drug-likeness (QED) is 0.380. The number of para-hydroxylation sites is 2. The van der Waals surface area contributed by atoms with Crippen LogP contribution in [-0.2, 0) is 6.61 Å². The van der Waals surface area contributed by atoms with Crippen molar-refractivity contribution in [3.63, 3.8) is 0 Å². The highest BCUT2D eigenvalue weighted by Gasteiger charge is 2.12. The fourth-order valence-electron chi connectivity index (χ4n) is 2.80. The molecule has 0 spiro atoms. The normalized spacial score (nSPS) is 10.6. The van der Waals surface area contributed by atoms with Gasteiger partial charge in [0.05, 0.1) is 26.0 Å². The molecule has 30 heavy (non-hydrogen) atoms. The molecule has 0 heterocycles. The van der Waals surface area contributed by atoms with Crippen molar-refractivity contribution in [2.24, 2.45) is 5.10 Å². The lowest BCUT2D eigenvalue weighted by molar-refractivity contribution is 0.0950. The monoisotopic (exact) mass is 468 g/mol. The van der Waals surface area contributed by atoms with E-state index in [-0.39, 0.29) is 5.91 Å². The van der Waals surface area contributed by atoms with E-state index in [4.69, 9.17) is 14.2 Å². The summed E-state index contributed by atoms with van der Waals surface area (Å²) in [5.41, 5.74) is 4.59. The molecule has 0 unspecified atom stereocenters. The summed E-state index contributed by atoms with van der Waals surface area (Å²) >= 11 is 3.44. The Kier molecular flexibility index (Phi) is 7.45. The molecule has 0 fully saturated rings. The number of hydrogen-bond donors (Lipinski definition) is 1. The third kappa shape index (κ3) is 5.39. The number of carbonyl (C=O) groups is 1. The van der Waals surface area contributed by atoms with Gasteiger partial charge in [-0.05, 0) is 42.0 Å². The van der Waals surface area contributed by atoms with Crippen molar-refractivity contribution in [3.8, 4) is 17.2 Å². The molecular weight excluding hydrogens is 448 g/mol. The number of halogens is 1. The Morgan fingerprint density at radius 1 is 1.00 bits per heavy atom. The lowest BCUT2D eigenvalue weighted by atomic mass is 10.2. The first-order valence-corrected chi connectivity index (χ1v) is 9.92. The van der Waals surface area contributed by atoms with E-state index < -0.39 is 0 Å². The Morgan fingerprint density at radius 2 is 1.77 bits per heavy atom. The highest BCUT2D eigenvalue weighted by Crippen LogP contribution is 2.29. The number of rotatable bonds is 8. The Morgan fingerprint density at radius 3 is 2.53 bits per heavy atom. The second-order valence-corrected chi connectivity index (χ2v) is 7.11. The van der Waals surface area contributed by atoms with Gasteiger partial charge >= 0.3 is 0 Å². The van der Waals surface area contributed by atoms with E-state index in [0.717, 1.165) is 10.0 Å². The van der Waals surface area contributed by atoms with E-state index in [1.54, 1.807) is 38.5 Å². The van der Waals surface area contributed by atoms with E-state index in [1.807, 2.05) is 42.5 Å². The molecule has 0 aliphatic rings. The van der Waals surface area contributed by atoms with Gasteiger partial charge in [0.15, 0.2) is 11.5 Å². The van der Waals surface area contributed by atoms with Crippen LogP contribution in [0.2, 0.25) is 0 Å². The van der Waals surface area contributed by atoms with Crippen LogP contribution < -0.4 is 19.6 Å². The highest BCUT2D eigenvalue weighted by molar-refractivity contribution is 9.10. The third-order valence-electron chi connectivity index (χ3n) is 4.22. The first-order chi connectivity index (χ1) is 14.6. The first-order valence-electron chi connectivity index (χ1n) is 9.13. The SMILES string of the molecule is COc1cccc(/C=N/NC(=O)c2ccccc2OCc2cccc(Br)c2)c1OC. The minimum Gasteiger partial charge on any atom is -0.493 e. The van der Waals surface area contributed by atoms with Gasteiger partial charge in [-0.3, -0.25) is 4.79 Å². The van der Waals surface area contributed by atoms with Crippen molar-refractivity contribution in [1.82, 2.24) is 5.43 Å². The van der Waals surface area contributed by atoms with Crippen LogP contribution in [-0.4, -0.2) is 26.3 Å². The number of ether oxygens (including phenoxy) is 3. The molecule has 6 nitrogen and oxygen atoms in total. The van der Waals surface area contributed by atoms with Gasteiger partial charge in [-0.1, -0.05) is 46.3 Å². The van der Waals surface area contributed by atoms with E-state index in [0.29, 0.717) is 35.0 Å². The van der Waals surface area contributed by atoms with Crippen LogP contribution in [0.5, 0.6) is 17.2 Å². The number of amides is 1. The molecule has 0 saturated heterocycles. The molecule has 0 aromatic heterocycles. The molecular formula is C23H21BrN2O4. The van der Waals surface area contributed by atoms with Crippen molar-refractivity contribution in [2.45, 2.75) is 6.61 Å². The second kappa shape index (κ2) is 10.5. The van der Waals surface area contributed by atoms with Crippen molar-refractivity contribution in [1.29, 1.82) is 0 Å². The van der Waals surface area contributed by atoms with Gasteiger partial charge in [0.25, 0.3) is 5.91 Å². The van der Waals surface area contributed by atoms with Gasteiger partial charge in [-0.2, -0.15) is 5.10 Å². The molecule has 3 rings (SSSR count). The fraction of sp³-hybridized carbons (Fsp3) is 0.130. The number of methoxy groups -OCH3 is 2. The molecule has 7 heteroatoms. The van der Waals surface area contributed by atoms with Crippen LogP contribution in [0.15, 0.2) is 76.3 Å². The molecule has 1 amide bonds. The van der Waals surface area contributed by atoms with Crippen molar-refractivity contribution < 1.29 is 19.0 Å². The Balaban J connectivity index is 1.70. The molecule has 0 bridgehead atoms. The highest BCUT2D eigenvalue weighted by atomic mass is 79.9. The van der Waals surface area contributed by atoms with Crippen LogP contribution in [0, 0.1) is 0 Å². The van der Waals surface area contributed by atoms with Crippen LogP contribution in [0.3, 0.4) is 0 Å². The molecule has 0 atom stereocenters. The van der Waals surface area contributed by atoms with Gasteiger partial charge in [-0.15, -0.1) is 0 Å². The standard InChI is InChI=1S/C23H21BrN2O4/c1-28-21-12-6-8-17(22(21)29-2)14-25-26-23(27)19-10-3-4-11-20(19)30-15-16-7-5-9-18(24)13-16/h3-14H,15H2,1-2H3,(H,26,27)/b25-14+. The van der Waals surface area contributed by atoms with Crippen LogP contribution in [0.25, 0.3) is 0 Å². The minimum absolute atomic E-state index is 0.341. The van der Waals surface area contributed by atoms with Gasteiger partial charge in [0.2, 0.25) is 0 Å². The van der Waals surface area contributed by atoms with Crippen molar-refractivity contribution in [2.75, 3.05) is 14.2 Å². The summed E-state index contributed by atoms with van der Waals surface area (Å²) in [5.74, 6) is 1.22. The molecule has 3 aromatic carbocycles. The predicted molar refractivity (Wildman–Crippen MR) is 120 cm³/mol. The number of nitrogens with zero attached hydrogens (tertiary/aromatic N) is 1. The average Bonchev–Trinajstić information content (AvgIpc) is 2.77. The topological polar surface area (TPSA) is 69.2 Å². The summed E-state index contributed by atoms with van der Waals surface area (Å²) in [5, 5.41) is 4.05. The van der Waals surface area contributed by atoms with Crippen molar-refractivity contribution in [3.05, 3.63) is 87.9 Å². The summed E-state index contributed by atoms with van der Waals surface area (Å²) in [4.78, 5) is 12.6. The van der Waals surface area contributed by atoms with Crippen LogP contribution in [0.1, 0.15) is 21.5 Å². The largest absolute Gasteiger partial charge is 0.493 e. The van der Waals surface area contributed by atoms with E-state index in [2.05, 4.69) is 26.5 Å². The van der Waals surface area contributed by atoms with Crippen LogP contribution >= 0.6 is 15.9 Å². The first kappa shape index (κ1) is 21.4. The summed E-state index contributed by atoms with van der Waals surface area (Å²) in [7, 11) is 3.11. The molecule has 3 aromatic rings. The molecule has 1 N–H and O–H groups in total. The fourth-order valence-corrected chi connectivity index (χ4v) is 3.25. The number of hydrogen-bond acceptors (Lipinski definition) is 5.